The molecule has 0 saturated carbocycles. The van der Waals surface area contributed by atoms with E-state index in [4.69, 9.17) is 4.74 Å². The fourth-order valence-electron chi connectivity index (χ4n) is 3.95. The topological polar surface area (TPSA) is 96.0 Å². The number of sulfonamides is 1. The smallest absolute Gasteiger partial charge is 0.264 e. The van der Waals surface area contributed by atoms with Crippen molar-refractivity contribution in [3.8, 4) is 5.75 Å². The first-order valence-electron chi connectivity index (χ1n) is 12.6. The molecule has 0 saturated heterocycles. The second-order valence-electron chi connectivity index (χ2n) is 9.63. The van der Waals surface area contributed by atoms with Gasteiger partial charge in [-0.3, -0.25) is 13.9 Å². The van der Waals surface area contributed by atoms with Gasteiger partial charge in [0.15, 0.2) is 0 Å². The summed E-state index contributed by atoms with van der Waals surface area (Å²) in [4.78, 5) is 28.3. The first kappa shape index (κ1) is 31.6. The Morgan fingerprint density at radius 1 is 0.950 bits per heavy atom. The first-order valence-corrected chi connectivity index (χ1v) is 15.6. The number of hydrogen-bond donors (Lipinski definition) is 1. The molecule has 0 radical (unpaired) electrons. The fraction of sp³-hybridized carbons (Fsp3) is 0.310. The average molecular weight is 695 g/mol. The highest BCUT2D eigenvalue weighted by molar-refractivity contribution is 9.10. The van der Waals surface area contributed by atoms with Crippen LogP contribution in [-0.4, -0.2) is 50.9 Å². The van der Waals surface area contributed by atoms with Crippen molar-refractivity contribution in [2.45, 2.75) is 51.2 Å². The maximum Gasteiger partial charge on any atom is 0.264 e. The number of halogens is 2. The van der Waals surface area contributed by atoms with Crippen LogP contribution in [0, 0.1) is 6.92 Å². The minimum absolute atomic E-state index is 0.0152. The molecule has 0 aromatic heterocycles. The van der Waals surface area contributed by atoms with Gasteiger partial charge in [0.25, 0.3) is 10.0 Å². The number of rotatable bonds is 11. The molecule has 0 heterocycles. The lowest BCUT2D eigenvalue weighted by molar-refractivity contribution is -0.139. The van der Waals surface area contributed by atoms with Crippen LogP contribution in [0.15, 0.2) is 80.6 Å². The molecule has 0 bridgehead atoms. The second-order valence-corrected chi connectivity index (χ2v) is 13.3. The Balaban J connectivity index is 2.04. The van der Waals surface area contributed by atoms with E-state index < -0.39 is 28.5 Å². The van der Waals surface area contributed by atoms with E-state index in [0.717, 1.165) is 19.9 Å². The van der Waals surface area contributed by atoms with E-state index in [1.807, 2.05) is 45.0 Å². The minimum atomic E-state index is -4.19. The van der Waals surface area contributed by atoms with Crippen LogP contribution in [0.25, 0.3) is 0 Å². The number of aryl methyl sites for hydroxylation is 1. The van der Waals surface area contributed by atoms with Crippen LogP contribution >= 0.6 is 31.9 Å². The van der Waals surface area contributed by atoms with Crippen molar-refractivity contribution in [1.82, 2.24) is 10.2 Å². The van der Waals surface area contributed by atoms with Crippen molar-refractivity contribution in [3.05, 3.63) is 86.8 Å². The van der Waals surface area contributed by atoms with E-state index in [-0.39, 0.29) is 23.4 Å². The molecular weight excluding hydrogens is 662 g/mol. The molecule has 40 heavy (non-hydrogen) atoms. The van der Waals surface area contributed by atoms with Gasteiger partial charge < -0.3 is 15.0 Å². The van der Waals surface area contributed by atoms with E-state index >= 15 is 0 Å². The van der Waals surface area contributed by atoms with Gasteiger partial charge in [0.05, 0.1) is 22.2 Å². The number of hydrogen-bond acceptors (Lipinski definition) is 5. The van der Waals surface area contributed by atoms with Crippen molar-refractivity contribution in [2.24, 2.45) is 0 Å². The second kappa shape index (κ2) is 13.6. The molecule has 1 atom stereocenters. The molecule has 3 aromatic carbocycles. The number of anilines is 1. The Morgan fingerprint density at radius 3 is 2.12 bits per heavy atom. The Labute approximate surface area is 253 Å². The molecule has 0 aliphatic rings. The molecule has 0 spiro atoms. The first-order chi connectivity index (χ1) is 18.8. The molecule has 2 amide bonds. The standard InChI is InChI=1S/C29H33Br2N3O5S/c1-19(2)32-29(36)21(4)33(17-22-8-10-23(30)11-9-22)28(35)18-34(24-12-6-20(3)7-13-24)40(37,38)25-14-15-27(39-5)26(31)16-25/h6-16,19,21H,17-18H2,1-5H3,(H,32,36)/t21-/m1/s1. The van der Waals surface area contributed by atoms with Crippen molar-refractivity contribution in [3.63, 3.8) is 0 Å². The summed E-state index contributed by atoms with van der Waals surface area (Å²) in [6.07, 6.45) is 0. The maximum absolute atomic E-state index is 14.0. The summed E-state index contributed by atoms with van der Waals surface area (Å²) < 4.78 is 35.6. The molecule has 11 heteroatoms. The summed E-state index contributed by atoms with van der Waals surface area (Å²) in [5.74, 6) is -0.377. The average Bonchev–Trinajstić information content (AvgIpc) is 2.91. The summed E-state index contributed by atoms with van der Waals surface area (Å²) >= 11 is 6.77. The van der Waals surface area contributed by atoms with E-state index in [1.165, 1.54) is 24.1 Å². The van der Waals surface area contributed by atoms with Crippen molar-refractivity contribution in [2.75, 3.05) is 18.0 Å². The number of nitrogens with zero attached hydrogens (tertiary/aromatic N) is 2. The van der Waals surface area contributed by atoms with E-state index in [2.05, 4.69) is 37.2 Å². The zero-order valence-electron chi connectivity index (χ0n) is 23.0. The zero-order valence-corrected chi connectivity index (χ0v) is 27.0. The summed E-state index contributed by atoms with van der Waals surface area (Å²) in [6, 6.07) is 17.7. The van der Waals surface area contributed by atoms with Gasteiger partial charge in [0.1, 0.15) is 18.3 Å². The molecule has 0 aliphatic carbocycles. The van der Waals surface area contributed by atoms with Crippen LogP contribution in [0.4, 0.5) is 5.69 Å². The van der Waals surface area contributed by atoms with Gasteiger partial charge >= 0.3 is 0 Å². The molecule has 0 unspecified atom stereocenters. The third-order valence-electron chi connectivity index (χ3n) is 6.18. The predicted molar refractivity (Wildman–Crippen MR) is 164 cm³/mol. The highest BCUT2D eigenvalue weighted by atomic mass is 79.9. The van der Waals surface area contributed by atoms with Crippen LogP contribution in [-0.2, 0) is 26.2 Å². The van der Waals surface area contributed by atoms with Crippen molar-refractivity contribution in [1.29, 1.82) is 0 Å². The lowest BCUT2D eigenvalue weighted by atomic mass is 10.1. The van der Waals surface area contributed by atoms with Gasteiger partial charge in [-0.2, -0.15) is 0 Å². The third kappa shape index (κ3) is 7.86. The number of methoxy groups -OCH3 is 1. The normalized spacial score (nSPS) is 12.1. The molecule has 0 aliphatic heterocycles. The molecular formula is C29H33Br2N3O5S. The number of carbonyl (C=O) groups is 2. The molecule has 0 fully saturated rings. The number of nitrogens with one attached hydrogen (secondary N) is 1. The van der Waals surface area contributed by atoms with Crippen LogP contribution < -0.4 is 14.4 Å². The number of amides is 2. The van der Waals surface area contributed by atoms with Crippen LogP contribution in [0.1, 0.15) is 31.9 Å². The van der Waals surface area contributed by atoms with Crippen molar-refractivity contribution < 1.29 is 22.7 Å². The lowest BCUT2D eigenvalue weighted by Gasteiger charge is -2.32. The highest BCUT2D eigenvalue weighted by Crippen LogP contribution is 2.31. The summed E-state index contributed by atoms with van der Waals surface area (Å²) in [6.45, 7) is 6.82. The predicted octanol–water partition coefficient (Wildman–Crippen LogP) is 5.67. The molecule has 3 rings (SSSR count). The van der Waals surface area contributed by atoms with Crippen LogP contribution in [0.3, 0.4) is 0 Å². The minimum Gasteiger partial charge on any atom is -0.496 e. The van der Waals surface area contributed by atoms with Gasteiger partial charge in [-0.25, -0.2) is 8.42 Å². The largest absolute Gasteiger partial charge is 0.496 e. The summed E-state index contributed by atoms with van der Waals surface area (Å²) in [7, 11) is -2.70. The van der Waals surface area contributed by atoms with E-state index in [9.17, 15) is 18.0 Å². The van der Waals surface area contributed by atoms with Crippen LogP contribution in [0.5, 0.6) is 5.75 Å². The monoisotopic (exact) mass is 693 g/mol. The molecule has 8 nitrogen and oxygen atoms in total. The summed E-state index contributed by atoms with van der Waals surface area (Å²) in [5.41, 5.74) is 2.06. The van der Waals surface area contributed by atoms with Gasteiger partial charge in [-0.15, -0.1) is 0 Å². The lowest BCUT2D eigenvalue weighted by Crippen LogP contribution is -2.52. The molecule has 214 valence electrons. The SMILES string of the molecule is COc1ccc(S(=O)(=O)N(CC(=O)N(Cc2ccc(Br)cc2)[C@H](C)C(=O)NC(C)C)c2ccc(C)cc2)cc1Br. The Morgan fingerprint density at radius 2 is 1.57 bits per heavy atom. The number of benzene rings is 3. The number of carbonyl (C=O) groups excluding carboxylic acids is 2. The van der Waals surface area contributed by atoms with Gasteiger partial charge in [0, 0.05) is 17.1 Å². The van der Waals surface area contributed by atoms with E-state index in [0.29, 0.717) is 15.9 Å². The highest BCUT2D eigenvalue weighted by Gasteiger charge is 2.33. The fourth-order valence-corrected chi connectivity index (χ4v) is 6.35. The third-order valence-corrected chi connectivity index (χ3v) is 9.09. The van der Waals surface area contributed by atoms with Crippen molar-refractivity contribution >= 4 is 59.4 Å². The Kier molecular flexibility index (Phi) is 10.8. The van der Waals surface area contributed by atoms with Crippen LogP contribution in [0.2, 0.25) is 0 Å². The number of ether oxygens (including phenoxy) is 1. The Hall–Kier alpha value is -2.89. The zero-order chi connectivity index (χ0) is 29.6. The Bertz CT molecular complexity index is 1450. The summed E-state index contributed by atoms with van der Waals surface area (Å²) in [5, 5.41) is 2.85. The molecule has 1 N–H and O–H groups in total. The van der Waals surface area contributed by atoms with Gasteiger partial charge in [-0.05, 0) is 91.7 Å². The quantitative estimate of drug-likeness (QED) is 0.279. The molecule has 3 aromatic rings. The van der Waals surface area contributed by atoms with E-state index in [1.54, 1.807) is 37.3 Å². The maximum atomic E-state index is 14.0. The van der Waals surface area contributed by atoms with Gasteiger partial charge in [-0.1, -0.05) is 45.8 Å². The van der Waals surface area contributed by atoms with Gasteiger partial charge in [0.2, 0.25) is 11.8 Å².